The number of carbonyl (C=O) groups excluding carboxylic acids is 1. The quantitative estimate of drug-likeness (QED) is 0.369. The molecule has 0 aliphatic carbocycles. The maximum absolute atomic E-state index is 12.9. The Kier molecular flexibility index (Phi) is 5.73. The number of aromatic nitrogens is 4. The van der Waals surface area contributed by atoms with Gasteiger partial charge >= 0.3 is 0 Å². The number of hydrogen-bond acceptors (Lipinski definition) is 5. The molecule has 9 heteroatoms. The summed E-state index contributed by atoms with van der Waals surface area (Å²) in [7, 11) is 1.66. The first-order chi connectivity index (χ1) is 16.5. The SMILES string of the molecule is CN(Cc1ccc(-c2ccc(Cl)cc2)o1)C(=O)Cn1cnc2c(cnn2-c2ccccc2)c1=O. The molecule has 5 aromatic rings. The molecule has 0 fully saturated rings. The van der Waals surface area contributed by atoms with Crippen molar-refractivity contribution in [2.45, 2.75) is 13.1 Å². The largest absolute Gasteiger partial charge is 0.459 e. The summed E-state index contributed by atoms with van der Waals surface area (Å²) in [6.45, 7) is 0.127. The van der Waals surface area contributed by atoms with Gasteiger partial charge in [0.15, 0.2) is 5.65 Å². The fourth-order valence-electron chi connectivity index (χ4n) is 3.64. The van der Waals surface area contributed by atoms with Crippen molar-refractivity contribution >= 4 is 28.5 Å². The Labute approximate surface area is 199 Å². The molecule has 0 unspecified atom stereocenters. The molecule has 34 heavy (non-hydrogen) atoms. The third-order valence-corrected chi connectivity index (χ3v) is 5.72. The molecule has 0 radical (unpaired) electrons. The molecular formula is C25H20ClN5O3. The summed E-state index contributed by atoms with van der Waals surface area (Å²) in [5.41, 5.74) is 1.82. The van der Waals surface area contributed by atoms with Gasteiger partial charge < -0.3 is 9.32 Å². The normalized spacial score (nSPS) is 11.1. The van der Waals surface area contributed by atoms with Crippen LogP contribution in [0.4, 0.5) is 0 Å². The lowest BCUT2D eigenvalue weighted by molar-refractivity contribution is -0.131. The second-order valence-electron chi connectivity index (χ2n) is 7.83. The van der Waals surface area contributed by atoms with Crippen molar-refractivity contribution in [3.63, 3.8) is 0 Å². The maximum Gasteiger partial charge on any atom is 0.264 e. The van der Waals surface area contributed by atoms with E-state index < -0.39 is 0 Å². The molecule has 0 spiro atoms. The predicted octanol–water partition coefficient (Wildman–Crippen LogP) is 4.15. The van der Waals surface area contributed by atoms with E-state index in [-0.39, 0.29) is 24.6 Å². The lowest BCUT2D eigenvalue weighted by Crippen LogP contribution is -2.33. The second-order valence-corrected chi connectivity index (χ2v) is 8.27. The summed E-state index contributed by atoms with van der Waals surface area (Å²) in [5, 5.41) is 5.29. The van der Waals surface area contributed by atoms with Gasteiger partial charge in [-0.1, -0.05) is 29.8 Å². The van der Waals surface area contributed by atoms with Gasteiger partial charge in [-0.15, -0.1) is 0 Å². The fraction of sp³-hybridized carbons (Fsp3) is 0.120. The first kappa shape index (κ1) is 21.7. The zero-order valence-corrected chi connectivity index (χ0v) is 19.0. The molecule has 2 aromatic carbocycles. The fourth-order valence-corrected chi connectivity index (χ4v) is 3.77. The van der Waals surface area contributed by atoms with Gasteiger partial charge in [0.25, 0.3) is 5.56 Å². The van der Waals surface area contributed by atoms with Crippen molar-refractivity contribution in [1.29, 1.82) is 0 Å². The third-order valence-electron chi connectivity index (χ3n) is 5.47. The molecule has 3 heterocycles. The summed E-state index contributed by atoms with van der Waals surface area (Å²) in [5.74, 6) is 1.07. The molecular weight excluding hydrogens is 454 g/mol. The Morgan fingerprint density at radius 1 is 1.06 bits per heavy atom. The molecule has 8 nitrogen and oxygen atoms in total. The predicted molar refractivity (Wildman–Crippen MR) is 129 cm³/mol. The molecule has 0 saturated carbocycles. The molecule has 0 aliphatic rings. The van der Waals surface area contributed by atoms with Gasteiger partial charge in [-0.2, -0.15) is 5.10 Å². The van der Waals surface area contributed by atoms with Crippen molar-refractivity contribution in [3.05, 3.63) is 100 Å². The minimum Gasteiger partial charge on any atom is -0.459 e. The Hall–Kier alpha value is -4.17. The van der Waals surface area contributed by atoms with Crippen LogP contribution in [0, 0.1) is 0 Å². The average molecular weight is 474 g/mol. The van der Waals surface area contributed by atoms with E-state index in [9.17, 15) is 9.59 Å². The van der Waals surface area contributed by atoms with Gasteiger partial charge in [0.05, 0.1) is 18.4 Å². The highest BCUT2D eigenvalue weighted by Crippen LogP contribution is 2.24. The van der Waals surface area contributed by atoms with Gasteiger partial charge in [0.2, 0.25) is 5.91 Å². The number of likely N-dealkylation sites (N-methyl/N-ethyl adjacent to an activating group) is 1. The van der Waals surface area contributed by atoms with Gasteiger partial charge in [-0.25, -0.2) is 9.67 Å². The molecule has 0 bridgehead atoms. The number of nitrogens with zero attached hydrogens (tertiary/aromatic N) is 5. The number of benzene rings is 2. The number of fused-ring (bicyclic) bond motifs is 1. The lowest BCUT2D eigenvalue weighted by Gasteiger charge is -2.16. The molecule has 1 amide bonds. The topological polar surface area (TPSA) is 86.2 Å². The summed E-state index contributed by atoms with van der Waals surface area (Å²) < 4.78 is 8.77. The van der Waals surface area contributed by atoms with Crippen LogP contribution < -0.4 is 5.56 Å². The summed E-state index contributed by atoms with van der Waals surface area (Å²) in [6, 6.07) is 20.4. The van der Waals surface area contributed by atoms with Gasteiger partial charge in [0, 0.05) is 17.6 Å². The second kappa shape index (κ2) is 8.99. The van der Waals surface area contributed by atoms with Crippen LogP contribution in [0.2, 0.25) is 5.02 Å². The highest BCUT2D eigenvalue weighted by Gasteiger charge is 2.16. The minimum absolute atomic E-state index is 0.139. The number of hydrogen-bond donors (Lipinski definition) is 0. The summed E-state index contributed by atoms with van der Waals surface area (Å²) in [6.07, 6.45) is 2.85. The molecule has 0 aliphatic heterocycles. The Balaban J connectivity index is 1.30. The number of rotatable bonds is 6. The molecule has 3 aromatic heterocycles. The highest BCUT2D eigenvalue weighted by atomic mass is 35.5. The van der Waals surface area contributed by atoms with Crippen molar-refractivity contribution in [2.75, 3.05) is 7.05 Å². The highest BCUT2D eigenvalue weighted by molar-refractivity contribution is 6.30. The smallest absolute Gasteiger partial charge is 0.264 e. The zero-order valence-electron chi connectivity index (χ0n) is 18.3. The first-order valence-corrected chi connectivity index (χ1v) is 10.9. The number of halogens is 1. The molecule has 0 saturated heterocycles. The Bertz CT molecular complexity index is 1520. The average Bonchev–Trinajstić information content (AvgIpc) is 3.49. The monoisotopic (exact) mass is 473 g/mol. The van der Waals surface area contributed by atoms with Crippen molar-refractivity contribution in [2.24, 2.45) is 0 Å². The maximum atomic E-state index is 12.9. The van der Waals surface area contributed by atoms with E-state index in [0.29, 0.717) is 27.6 Å². The number of furan rings is 1. The number of para-hydroxylation sites is 1. The van der Waals surface area contributed by atoms with Gasteiger partial charge in [-0.05, 0) is 48.5 Å². The number of amides is 1. The molecule has 0 atom stereocenters. The first-order valence-electron chi connectivity index (χ1n) is 10.6. The number of carbonyl (C=O) groups is 1. The van der Waals surface area contributed by atoms with Crippen LogP contribution in [0.3, 0.4) is 0 Å². The van der Waals surface area contributed by atoms with E-state index in [1.807, 2.05) is 54.6 Å². The van der Waals surface area contributed by atoms with Crippen LogP contribution in [0.15, 0.2) is 88.5 Å². The van der Waals surface area contributed by atoms with E-state index in [1.165, 1.54) is 22.0 Å². The van der Waals surface area contributed by atoms with Crippen molar-refractivity contribution < 1.29 is 9.21 Å². The van der Waals surface area contributed by atoms with Gasteiger partial charge in [0.1, 0.15) is 29.8 Å². The van der Waals surface area contributed by atoms with Crippen LogP contribution in [0.25, 0.3) is 28.0 Å². The van der Waals surface area contributed by atoms with E-state index in [1.54, 1.807) is 23.9 Å². The van der Waals surface area contributed by atoms with E-state index >= 15 is 0 Å². The van der Waals surface area contributed by atoms with E-state index in [0.717, 1.165) is 11.3 Å². The van der Waals surface area contributed by atoms with Crippen LogP contribution in [0.1, 0.15) is 5.76 Å². The molecule has 170 valence electrons. The third kappa shape index (κ3) is 4.23. The van der Waals surface area contributed by atoms with Crippen LogP contribution in [-0.4, -0.2) is 37.2 Å². The van der Waals surface area contributed by atoms with Gasteiger partial charge in [-0.3, -0.25) is 14.2 Å². The van der Waals surface area contributed by atoms with Crippen molar-refractivity contribution in [3.8, 4) is 17.0 Å². The van der Waals surface area contributed by atoms with Crippen molar-refractivity contribution in [1.82, 2.24) is 24.2 Å². The van der Waals surface area contributed by atoms with Crippen LogP contribution in [-0.2, 0) is 17.9 Å². The summed E-state index contributed by atoms with van der Waals surface area (Å²) in [4.78, 5) is 31.6. The minimum atomic E-state index is -0.322. The van der Waals surface area contributed by atoms with Crippen LogP contribution in [0.5, 0.6) is 0 Å². The Morgan fingerprint density at radius 3 is 2.59 bits per heavy atom. The van der Waals surface area contributed by atoms with Crippen LogP contribution >= 0.6 is 11.6 Å². The Morgan fingerprint density at radius 2 is 1.82 bits per heavy atom. The zero-order chi connectivity index (χ0) is 23.7. The van der Waals surface area contributed by atoms with E-state index in [2.05, 4.69) is 10.1 Å². The lowest BCUT2D eigenvalue weighted by atomic mass is 10.2. The molecule has 0 N–H and O–H groups in total. The van der Waals surface area contributed by atoms with E-state index in [4.69, 9.17) is 16.0 Å². The molecule has 5 rings (SSSR count). The standard InChI is InChI=1S/C25H20ClN5O3/c1-29(14-20-11-12-22(34-20)17-7-9-18(26)10-8-17)23(32)15-30-16-27-24-21(25(30)33)13-28-31(24)19-5-3-2-4-6-19/h2-13,16H,14-15H2,1H3. The summed E-state index contributed by atoms with van der Waals surface area (Å²) >= 11 is 5.94.